The Morgan fingerprint density at radius 3 is 2.36 bits per heavy atom. The van der Waals surface area contributed by atoms with Crippen molar-refractivity contribution in [3.8, 4) is 0 Å². The van der Waals surface area contributed by atoms with Crippen molar-refractivity contribution in [1.82, 2.24) is 16.0 Å². The summed E-state index contributed by atoms with van der Waals surface area (Å²) in [5.74, 6) is 0.597. The average Bonchev–Trinajstić information content (AvgIpc) is 2.71. The number of nitrogens with two attached hydrogens (primary N) is 1. The van der Waals surface area contributed by atoms with Crippen molar-refractivity contribution in [2.45, 2.75) is 116 Å². The third-order valence-corrected chi connectivity index (χ3v) is 7.29. The van der Waals surface area contributed by atoms with Crippen molar-refractivity contribution in [1.29, 1.82) is 0 Å². The molecule has 2 aliphatic carbocycles. The van der Waals surface area contributed by atoms with Crippen LogP contribution in [0.3, 0.4) is 0 Å². The normalized spacial score (nSPS) is 25.0. The van der Waals surface area contributed by atoms with Crippen LogP contribution in [-0.4, -0.2) is 41.7 Å². The third-order valence-electron chi connectivity index (χ3n) is 7.29. The monoisotopic (exact) mass is 464 g/mol. The fourth-order valence-corrected chi connectivity index (χ4v) is 5.96. The summed E-state index contributed by atoms with van der Waals surface area (Å²) in [5.41, 5.74) is 5.77. The summed E-state index contributed by atoms with van der Waals surface area (Å²) < 4.78 is 0. The van der Waals surface area contributed by atoms with Gasteiger partial charge in [0.1, 0.15) is 12.1 Å². The summed E-state index contributed by atoms with van der Waals surface area (Å²) in [6, 6.07) is -0.974. The molecule has 0 aliphatic heterocycles. The van der Waals surface area contributed by atoms with E-state index in [1.165, 1.54) is 25.7 Å². The number of rotatable bonds is 13. The molecule has 2 fully saturated rings. The number of carboxylic acids is 1. The molecular weight excluding hydrogens is 416 g/mol. The van der Waals surface area contributed by atoms with E-state index in [9.17, 15) is 14.7 Å². The van der Waals surface area contributed by atoms with Crippen LogP contribution < -0.4 is 21.7 Å². The maximum Gasteiger partial charge on any atom is 0.326 e. The number of nitrogens with one attached hydrogen (secondary N) is 3. The fraction of sp³-hybridized carbons (Fsp3) is 0.846. The Balaban J connectivity index is 2.01. The fourth-order valence-electron chi connectivity index (χ4n) is 5.96. The van der Waals surface area contributed by atoms with Gasteiger partial charge in [0.15, 0.2) is 0 Å². The SMILES string of the molecule is C=C(N[C@@H](CCCCN)C(=O)O)N[C@@H](CC1CCCCC1)C(=O)NC1CC(C)CC(C)(C)C1. The van der Waals surface area contributed by atoms with Crippen molar-refractivity contribution in [3.63, 3.8) is 0 Å². The average molecular weight is 465 g/mol. The van der Waals surface area contributed by atoms with Gasteiger partial charge in [-0.15, -0.1) is 0 Å². The molecule has 190 valence electrons. The molecule has 0 radical (unpaired) electrons. The van der Waals surface area contributed by atoms with E-state index >= 15 is 0 Å². The summed E-state index contributed by atoms with van der Waals surface area (Å²) in [6.07, 6.45) is 11.9. The Labute approximate surface area is 200 Å². The van der Waals surface area contributed by atoms with Gasteiger partial charge in [-0.2, -0.15) is 0 Å². The maximum absolute atomic E-state index is 13.4. The van der Waals surface area contributed by atoms with Crippen LogP contribution in [0.1, 0.15) is 97.8 Å². The zero-order valence-electron chi connectivity index (χ0n) is 21.1. The first-order valence-corrected chi connectivity index (χ1v) is 13.0. The number of hydrogen-bond acceptors (Lipinski definition) is 5. The van der Waals surface area contributed by atoms with Crippen molar-refractivity contribution in [3.05, 3.63) is 12.4 Å². The van der Waals surface area contributed by atoms with E-state index in [1.54, 1.807) is 0 Å². The molecule has 0 aromatic rings. The van der Waals surface area contributed by atoms with Gasteiger partial charge in [-0.05, 0) is 68.7 Å². The minimum absolute atomic E-state index is 0.00781. The summed E-state index contributed by atoms with van der Waals surface area (Å²) in [6.45, 7) is 11.4. The number of carbonyl (C=O) groups is 2. The second-order valence-electron chi connectivity index (χ2n) is 11.4. The highest BCUT2D eigenvalue weighted by Crippen LogP contribution is 2.38. The summed E-state index contributed by atoms with van der Waals surface area (Å²) in [7, 11) is 0. The molecule has 2 aliphatic rings. The predicted octanol–water partition coefficient (Wildman–Crippen LogP) is 3.89. The standard InChI is InChI=1S/C26H48N4O3/c1-18-14-21(17-26(3,4)16-18)30-24(31)23(15-20-10-6-5-7-11-20)29-19(2)28-22(25(32)33)12-8-9-13-27/h18,20-23,28-29H,2,5-17,27H2,1,3-4H3,(H,30,31)(H,32,33)/t18?,21?,22-,23-/m0/s1. The first kappa shape index (κ1) is 27.5. The Kier molecular flexibility index (Phi) is 11.0. The van der Waals surface area contributed by atoms with Crippen LogP contribution in [0.25, 0.3) is 0 Å². The van der Waals surface area contributed by atoms with Crippen molar-refractivity contribution >= 4 is 11.9 Å². The summed E-state index contributed by atoms with van der Waals surface area (Å²) >= 11 is 0. The quantitative estimate of drug-likeness (QED) is 0.264. The number of unbranched alkanes of at least 4 members (excludes halogenated alkanes) is 1. The minimum atomic E-state index is -0.915. The van der Waals surface area contributed by atoms with Crippen LogP contribution in [0.5, 0.6) is 0 Å². The zero-order chi connectivity index (χ0) is 24.4. The first-order chi connectivity index (χ1) is 15.6. The Morgan fingerprint density at radius 1 is 1.09 bits per heavy atom. The van der Waals surface area contributed by atoms with Crippen LogP contribution in [0.4, 0.5) is 0 Å². The van der Waals surface area contributed by atoms with Crippen LogP contribution >= 0.6 is 0 Å². The van der Waals surface area contributed by atoms with Crippen LogP contribution in [0.15, 0.2) is 12.4 Å². The molecule has 7 nitrogen and oxygen atoms in total. The highest BCUT2D eigenvalue weighted by atomic mass is 16.4. The lowest BCUT2D eigenvalue weighted by molar-refractivity contribution is -0.139. The van der Waals surface area contributed by atoms with Gasteiger partial charge >= 0.3 is 5.97 Å². The van der Waals surface area contributed by atoms with Crippen molar-refractivity contribution in [2.24, 2.45) is 23.0 Å². The Morgan fingerprint density at radius 2 is 1.76 bits per heavy atom. The van der Waals surface area contributed by atoms with Gasteiger partial charge in [0.25, 0.3) is 0 Å². The van der Waals surface area contributed by atoms with Gasteiger partial charge in [-0.3, -0.25) is 4.79 Å². The number of carboxylic acid groups (broad SMARTS) is 1. The third kappa shape index (κ3) is 9.95. The molecule has 0 heterocycles. The minimum Gasteiger partial charge on any atom is -0.480 e. The van der Waals surface area contributed by atoms with E-state index in [0.29, 0.717) is 30.6 Å². The number of carbonyl (C=O) groups excluding carboxylic acids is 1. The molecule has 0 saturated heterocycles. The largest absolute Gasteiger partial charge is 0.480 e. The lowest BCUT2D eigenvalue weighted by Crippen LogP contribution is -2.52. The lowest BCUT2D eigenvalue weighted by atomic mass is 9.70. The molecule has 0 spiro atoms. The van der Waals surface area contributed by atoms with E-state index in [0.717, 1.165) is 44.9 Å². The van der Waals surface area contributed by atoms with Crippen LogP contribution in [0, 0.1) is 17.3 Å². The highest BCUT2D eigenvalue weighted by molar-refractivity contribution is 5.82. The van der Waals surface area contributed by atoms with E-state index in [1.807, 2.05) is 0 Å². The van der Waals surface area contributed by atoms with Crippen LogP contribution in [-0.2, 0) is 9.59 Å². The Hall–Kier alpha value is -1.76. The van der Waals surface area contributed by atoms with Crippen LogP contribution in [0.2, 0.25) is 0 Å². The summed E-state index contributed by atoms with van der Waals surface area (Å²) in [4.78, 5) is 25.1. The van der Waals surface area contributed by atoms with Crippen molar-refractivity contribution < 1.29 is 14.7 Å². The first-order valence-electron chi connectivity index (χ1n) is 13.0. The smallest absolute Gasteiger partial charge is 0.326 e. The van der Waals surface area contributed by atoms with E-state index < -0.39 is 18.1 Å². The van der Waals surface area contributed by atoms with E-state index in [-0.39, 0.29) is 17.4 Å². The molecule has 33 heavy (non-hydrogen) atoms. The number of aliphatic carboxylic acids is 1. The second kappa shape index (κ2) is 13.2. The number of amides is 1. The molecule has 0 aromatic heterocycles. The lowest BCUT2D eigenvalue weighted by Gasteiger charge is -2.40. The van der Waals surface area contributed by atoms with Gasteiger partial charge < -0.3 is 26.8 Å². The molecular formula is C26H48N4O3. The second-order valence-corrected chi connectivity index (χ2v) is 11.4. The van der Waals surface area contributed by atoms with Gasteiger partial charge in [-0.25, -0.2) is 4.79 Å². The van der Waals surface area contributed by atoms with E-state index in [4.69, 9.17) is 5.73 Å². The molecule has 1 amide bonds. The topological polar surface area (TPSA) is 116 Å². The van der Waals surface area contributed by atoms with Gasteiger partial charge in [0.2, 0.25) is 5.91 Å². The van der Waals surface area contributed by atoms with Gasteiger partial charge in [-0.1, -0.05) is 59.5 Å². The zero-order valence-corrected chi connectivity index (χ0v) is 21.1. The molecule has 6 N–H and O–H groups in total. The predicted molar refractivity (Wildman–Crippen MR) is 133 cm³/mol. The molecule has 0 bridgehead atoms. The van der Waals surface area contributed by atoms with E-state index in [2.05, 4.69) is 43.3 Å². The van der Waals surface area contributed by atoms with Gasteiger partial charge in [0.05, 0.1) is 5.82 Å². The number of hydrogen-bond donors (Lipinski definition) is 5. The summed E-state index contributed by atoms with van der Waals surface area (Å²) in [5, 5.41) is 19.1. The maximum atomic E-state index is 13.4. The highest BCUT2D eigenvalue weighted by Gasteiger charge is 2.34. The molecule has 2 unspecified atom stereocenters. The molecule has 0 aromatic carbocycles. The van der Waals surface area contributed by atoms with Crippen molar-refractivity contribution in [2.75, 3.05) is 6.54 Å². The molecule has 2 saturated carbocycles. The molecule has 4 atom stereocenters. The molecule has 2 rings (SSSR count). The Bertz CT molecular complexity index is 645. The molecule has 7 heteroatoms. The van der Waals surface area contributed by atoms with Gasteiger partial charge in [0, 0.05) is 6.04 Å².